The molecule has 0 fully saturated rings. The van der Waals surface area contributed by atoms with Crippen molar-refractivity contribution in [3.05, 3.63) is 0 Å². The summed E-state index contributed by atoms with van der Waals surface area (Å²) in [5, 5.41) is 1.47. The number of esters is 1. The summed E-state index contributed by atoms with van der Waals surface area (Å²) >= 11 is 0. The summed E-state index contributed by atoms with van der Waals surface area (Å²) in [6.45, 7) is 2.00. The predicted molar refractivity (Wildman–Crippen MR) is 43.1 cm³/mol. The van der Waals surface area contributed by atoms with E-state index in [1.165, 1.54) is 5.01 Å². The highest BCUT2D eigenvalue weighted by atomic mass is 16.5. The van der Waals surface area contributed by atoms with Crippen LogP contribution in [-0.4, -0.2) is 37.6 Å². The van der Waals surface area contributed by atoms with Gasteiger partial charge in [-0.1, -0.05) is 0 Å². The van der Waals surface area contributed by atoms with E-state index in [0.29, 0.717) is 6.61 Å². The molecule has 1 N–H and O–H groups in total. The Labute approximate surface area is 71.6 Å². The number of amides is 1. The van der Waals surface area contributed by atoms with Crippen LogP contribution in [0, 0.1) is 0 Å². The molecule has 0 aliphatic heterocycles. The zero-order valence-corrected chi connectivity index (χ0v) is 7.59. The highest BCUT2D eigenvalue weighted by molar-refractivity contribution is 5.93. The van der Waals surface area contributed by atoms with E-state index in [1.807, 2.05) is 0 Å². The lowest BCUT2D eigenvalue weighted by atomic mass is 10.4. The molecule has 12 heavy (non-hydrogen) atoms. The van der Waals surface area contributed by atoms with Crippen LogP contribution in [0.15, 0.2) is 0 Å². The zero-order valence-electron chi connectivity index (χ0n) is 7.59. The van der Waals surface area contributed by atoms with Gasteiger partial charge < -0.3 is 4.74 Å². The highest BCUT2D eigenvalue weighted by Gasteiger charge is 2.09. The summed E-state index contributed by atoms with van der Waals surface area (Å²) in [5.74, 6) is -0.865. The van der Waals surface area contributed by atoms with Crippen LogP contribution in [0.5, 0.6) is 0 Å². The average Bonchev–Trinajstić information content (AvgIpc) is 1.84. The monoisotopic (exact) mass is 174 g/mol. The second-order valence-corrected chi connectivity index (χ2v) is 2.41. The van der Waals surface area contributed by atoms with E-state index in [1.54, 1.807) is 21.0 Å². The molecule has 0 rings (SSSR count). The van der Waals surface area contributed by atoms with Gasteiger partial charge in [-0.15, -0.1) is 0 Å². The Morgan fingerprint density at radius 2 is 2.00 bits per heavy atom. The molecule has 70 valence electrons. The van der Waals surface area contributed by atoms with E-state index in [2.05, 4.69) is 10.2 Å². The van der Waals surface area contributed by atoms with Crippen LogP contribution < -0.4 is 5.43 Å². The third kappa shape index (κ3) is 5.67. The first-order valence-corrected chi connectivity index (χ1v) is 3.68. The molecule has 5 heteroatoms. The molecule has 0 aromatic carbocycles. The van der Waals surface area contributed by atoms with Crippen LogP contribution >= 0.6 is 0 Å². The van der Waals surface area contributed by atoms with Crippen LogP contribution in [-0.2, 0) is 14.3 Å². The molecular weight excluding hydrogens is 160 g/mol. The topological polar surface area (TPSA) is 58.6 Å². The van der Waals surface area contributed by atoms with Gasteiger partial charge in [0.25, 0.3) is 0 Å². The number of ether oxygens (including phenoxy) is 1. The predicted octanol–water partition coefficient (Wildman–Crippen LogP) is -0.468. The van der Waals surface area contributed by atoms with E-state index < -0.39 is 5.97 Å². The van der Waals surface area contributed by atoms with Crippen molar-refractivity contribution in [2.24, 2.45) is 0 Å². The molecule has 0 aromatic heterocycles. The first-order chi connectivity index (χ1) is 5.56. The Balaban J connectivity index is 3.62. The molecule has 0 saturated carbocycles. The van der Waals surface area contributed by atoms with Gasteiger partial charge in [0.1, 0.15) is 6.42 Å². The maximum Gasteiger partial charge on any atom is 0.315 e. The first kappa shape index (κ1) is 10.9. The lowest BCUT2D eigenvalue weighted by Gasteiger charge is -2.10. The summed E-state index contributed by atoms with van der Waals surface area (Å²) in [5.41, 5.74) is 2.43. The number of hydrogen-bond donors (Lipinski definition) is 1. The van der Waals surface area contributed by atoms with E-state index in [0.717, 1.165) is 0 Å². The van der Waals surface area contributed by atoms with Crippen molar-refractivity contribution in [2.45, 2.75) is 13.3 Å². The van der Waals surface area contributed by atoms with Gasteiger partial charge in [-0.3, -0.25) is 15.0 Å². The molecule has 0 aromatic rings. The number of hydrazine groups is 1. The summed E-state index contributed by atoms with van der Waals surface area (Å²) in [6, 6.07) is 0. The number of hydrogen-bond acceptors (Lipinski definition) is 4. The molecule has 0 radical (unpaired) electrons. The molecule has 0 unspecified atom stereocenters. The molecule has 1 amide bonds. The van der Waals surface area contributed by atoms with E-state index in [-0.39, 0.29) is 12.3 Å². The second kappa shape index (κ2) is 5.54. The van der Waals surface area contributed by atoms with Gasteiger partial charge >= 0.3 is 5.97 Å². The third-order valence-electron chi connectivity index (χ3n) is 0.959. The van der Waals surface area contributed by atoms with Gasteiger partial charge in [0.15, 0.2) is 0 Å². The summed E-state index contributed by atoms with van der Waals surface area (Å²) in [4.78, 5) is 21.6. The quantitative estimate of drug-likeness (QED) is 0.356. The normalized spacial score (nSPS) is 9.67. The zero-order chi connectivity index (χ0) is 9.56. The molecule has 0 saturated heterocycles. The fraction of sp³-hybridized carbons (Fsp3) is 0.714. The lowest BCUT2D eigenvalue weighted by Crippen LogP contribution is -2.37. The lowest BCUT2D eigenvalue weighted by molar-refractivity contribution is -0.146. The molecule has 5 nitrogen and oxygen atoms in total. The molecule has 0 heterocycles. The standard InChI is InChI=1S/C7H14N2O3/c1-4-12-7(11)5-6(10)8-9(2)3/h4-5H2,1-3H3,(H,8,10). The van der Waals surface area contributed by atoms with Gasteiger partial charge in [0, 0.05) is 14.1 Å². The SMILES string of the molecule is CCOC(=O)CC(=O)NN(C)C. The summed E-state index contributed by atoms with van der Waals surface area (Å²) in [6.07, 6.45) is -0.230. The summed E-state index contributed by atoms with van der Waals surface area (Å²) in [7, 11) is 3.34. The Hall–Kier alpha value is -1.10. The van der Waals surface area contributed by atoms with E-state index in [9.17, 15) is 9.59 Å². The van der Waals surface area contributed by atoms with E-state index >= 15 is 0 Å². The largest absolute Gasteiger partial charge is 0.466 e. The Morgan fingerprint density at radius 1 is 1.42 bits per heavy atom. The number of carbonyl (C=O) groups excluding carboxylic acids is 2. The van der Waals surface area contributed by atoms with Crippen molar-refractivity contribution in [3.8, 4) is 0 Å². The number of rotatable bonds is 4. The fourth-order valence-electron chi connectivity index (χ4n) is 0.632. The highest BCUT2D eigenvalue weighted by Crippen LogP contribution is 1.86. The number of carbonyl (C=O) groups is 2. The van der Waals surface area contributed by atoms with Crippen molar-refractivity contribution in [3.63, 3.8) is 0 Å². The van der Waals surface area contributed by atoms with Crippen molar-refractivity contribution in [1.82, 2.24) is 10.4 Å². The minimum Gasteiger partial charge on any atom is -0.466 e. The molecule has 0 aliphatic carbocycles. The molecule has 0 aliphatic rings. The third-order valence-corrected chi connectivity index (χ3v) is 0.959. The van der Waals surface area contributed by atoms with Gasteiger partial charge in [-0.25, -0.2) is 5.01 Å². The van der Waals surface area contributed by atoms with Crippen LogP contribution in [0.4, 0.5) is 0 Å². The second-order valence-electron chi connectivity index (χ2n) is 2.41. The van der Waals surface area contributed by atoms with Crippen LogP contribution in [0.1, 0.15) is 13.3 Å². The molecule has 0 bridgehead atoms. The Bertz CT molecular complexity index is 168. The van der Waals surface area contributed by atoms with Gasteiger partial charge in [-0.05, 0) is 6.92 Å². The van der Waals surface area contributed by atoms with Gasteiger partial charge in [0.05, 0.1) is 6.61 Å². The van der Waals surface area contributed by atoms with E-state index in [4.69, 9.17) is 0 Å². The maximum atomic E-state index is 10.9. The Morgan fingerprint density at radius 3 is 2.42 bits per heavy atom. The molecule has 0 spiro atoms. The van der Waals surface area contributed by atoms with Crippen LogP contribution in [0.3, 0.4) is 0 Å². The molecular formula is C7H14N2O3. The smallest absolute Gasteiger partial charge is 0.315 e. The maximum absolute atomic E-state index is 10.9. The van der Waals surface area contributed by atoms with Crippen LogP contribution in [0.2, 0.25) is 0 Å². The van der Waals surface area contributed by atoms with Crippen molar-refractivity contribution >= 4 is 11.9 Å². The van der Waals surface area contributed by atoms with Crippen molar-refractivity contribution in [2.75, 3.05) is 20.7 Å². The number of nitrogens with zero attached hydrogens (tertiary/aromatic N) is 1. The van der Waals surface area contributed by atoms with Crippen LogP contribution in [0.25, 0.3) is 0 Å². The van der Waals surface area contributed by atoms with Gasteiger partial charge in [0.2, 0.25) is 5.91 Å². The minimum atomic E-state index is -0.503. The minimum absolute atomic E-state index is 0.230. The van der Waals surface area contributed by atoms with Crippen molar-refractivity contribution in [1.29, 1.82) is 0 Å². The van der Waals surface area contributed by atoms with Gasteiger partial charge in [-0.2, -0.15) is 0 Å². The summed E-state index contributed by atoms with van der Waals surface area (Å²) < 4.78 is 4.58. The number of nitrogens with one attached hydrogen (secondary N) is 1. The first-order valence-electron chi connectivity index (χ1n) is 3.68. The Kier molecular flexibility index (Phi) is 5.03. The average molecular weight is 174 g/mol. The fourth-order valence-corrected chi connectivity index (χ4v) is 0.632. The molecule has 0 atom stereocenters. The van der Waals surface area contributed by atoms with Crippen molar-refractivity contribution < 1.29 is 14.3 Å².